The van der Waals surface area contributed by atoms with Crippen LogP contribution in [0.25, 0.3) is 0 Å². The summed E-state index contributed by atoms with van der Waals surface area (Å²) in [7, 11) is 0. The Kier molecular flexibility index (Phi) is 5.12. The SMILES string of the molecule is CCc1ccc(C(C)NC(=O)c2cccc(Br)c2F)cc1. The first-order valence-electron chi connectivity index (χ1n) is 6.86. The van der Waals surface area contributed by atoms with E-state index in [4.69, 9.17) is 0 Å². The third-order valence-corrected chi connectivity index (χ3v) is 4.04. The third kappa shape index (κ3) is 3.70. The van der Waals surface area contributed by atoms with Crippen LogP contribution in [0.5, 0.6) is 0 Å². The molecule has 1 amide bonds. The van der Waals surface area contributed by atoms with E-state index >= 15 is 0 Å². The fraction of sp³-hybridized carbons (Fsp3) is 0.235. The van der Waals surface area contributed by atoms with Crippen LogP contribution in [0, 0.1) is 5.82 Å². The topological polar surface area (TPSA) is 29.1 Å². The normalized spacial score (nSPS) is 12.0. The van der Waals surface area contributed by atoms with Gasteiger partial charge in [0, 0.05) is 0 Å². The highest BCUT2D eigenvalue weighted by atomic mass is 79.9. The number of aryl methyl sites for hydroxylation is 1. The minimum Gasteiger partial charge on any atom is -0.345 e. The Hall–Kier alpha value is -1.68. The molecule has 4 heteroatoms. The molecule has 1 atom stereocenters. The zero-order valence-electron chi connectivity index (χ0n) is 12.0. The summed E-state index contributed by atoms with van der Waals surface area (Å²) in [6.45, 7) is 3.98. The zero-order valence-corrected chi connectivity index (χ0v) is 13.6. The van der Waals surface area contributed by atoms with E-state index in [1.54, 1.807) is 12.1 Å². The van der Waals surface area contributed by atoms with Crippen molar-refractivity contribution in [2.24, 2.45) is 0 Å². The van der Waals surface area contributed by atoms with Gasteiger partial charge in [0.25, 0.3) is 5.91 Å². The number of benzene rings is 2. The van der Waals surface area contributed by atoms with Crippen LogP contribution in [0.3, 0.4) is 0 Å². The van der Waals surface area contributed by atoms with Gasteiger partial charge in [0.15, 0.2) is 0 Å². The number of rotatable bonds is 4. The molecule has 0 fully saturated rings. The van der Waals surface area contributed by atoms with Crippen LogP contribution >= 0.6 is 15.9 Å². The summed E-state index contributed by atoms with van der Waals surface area (Å²) in [6, 6.07) is 12.6. The maximum absolute atomic E-state index is 13.9. The van der Waals surface area contributed by atoms with Gasteiger partial charge in [-0.15, -0.1) is 0 Å². The lowest BCUT2D eigenvalue weighted by Crippen LogP contribution is -2.27. The van der Waals surface area contributed by atoms with Crippen LogP contribution in [-0.2, 0) is 6.42 Å². The molecule has 21 heavy (non-hydrogen) atoms. The van der Waals surface area contributed by atoms with Gasteiger partial charge in [-0.05, 0) is 52.5 Å². The van der Waals surface area contributed by atoms with Crippen LogP contribution in [0.2, 0.25) is 0 Å². The molecule has 0 saturated heterocycles. The van der Waals surface area contributed by atoms with Crippen molar-refractivity contribution in [1.82, 2.24) is 5.32 Å². The van der Waals surface area contributed by atoms with Gasteiger partial charge in [-0.3, -0.25) is 4.79 Å². The first-order valence-corrected chi connectivity index (χ1v) is 7.66. The van der Waals surface area contributed by atoms with Crippen LogP contribution in [0.1, 0.15) is 41.4 Å². The Bertz CT molecular complexity index is 640. The number of hydrogen-bond acceptors (Lipinski definition) is 1. The molecule has 0 bridgehead atoms. The quantitative estimate of drug-likeness (QED) is 0.855. The second-order valence-corrected chi connectivity index (χ2v) is 5.75. The average Bonchev–Trinajstić information content (AvgIpc) is 2.50. The summed E-state index contributed by atoms with van der Waals surface area (Å²) in [5.41, 5.74) is 2.28. The van der Waals surface area contributed by atoms with E-state index in [9.17, 15) is 9.18 Å². The van der Waals surface area contributed by atoms with Gasteiger partial charge in [-0.2, -0.15) is 0 Å². The van der Waals surface area contributed by atoms with Crippen molar-refractivity contribution in [3.8, 4) is 0 Å². The van der Waals surface area contributed by atoms with E-state index in [2.05, 4.69) is 28.2 Å². The van der Waals surface area contributed by atoms with Crippen LogP contribution in [-0.4, -0.2) is 5.91 Å². The van der Waals surface area contributed by atoms with Gasteiger partial charge in [-0.1, -0.05) is 37.3 Å². The number of nitrogens with one attached hydrogen (secondary N) is 1. The smallest absolute Gasteiger partial charge is 0.254 e. The van der Waals surface area contributed by atoms with Gasteiger partial charge in [-0.25, -0.2) is 4.39 Å². The van der Waals surface area contributed by atoms with Crippen LogP contribution < -0.4 is 5.32 Å². The van der Waals surface area contributed by atoms with Gasteiger partial charge >= 0.3 is 0 Å². The molecule has 2 rings (SSSR count). The van der Waals surface area contributed by atoms with E-state index in [0.717, 1.165) is 12.0 Å². The lowest BCUT2D eigenvalue weighted by Gasteiger charge is -2.15. The molecule has 0 radical (unpaired) electrons. The lowest BCUT2D eigenvalue weighted by molar-refractivity contribution is 0.0935. The molecule has 110 valence electrons. The van der Waals surface area contributed by atoms with E-state index in [1.165, 1.54) is 11.6 Å². The molecule has 1 unspecified atom stereocenters. The Morgan fingerprint density at radius 3 is 2.52 bits per heavy atom. The van der Waals surface area contributed by atoms with Crippen molar-refractivity contribution in [3.05, 3.63) is 69.4 Å². The maximum Gasteiger partial charge on any atom is 0.254 e. The fourth-order valence-electron chi connectivity index (χ4n) is 2.08. The molecule has 0 saturated carbocycles. The summed E-state index contributed by atoms with van der Waals surface area (Å²) in [4.78, 5) is 12.2. The van der Waals surface area contributed by atoms with Gasteiger partial charge < -0.3 is 5.32 Å². The predicted octanol–water partition coefficient (Wildman–Crippen LogP) is 4.64. The van der Waals surface area contributed by atoms with E-state index in [-0.39, 0.29) is 16.1 Å². The van der Waals surface area contributed by atoms with E-state index in [0.29, 0.717) is 0 Å². The molecule has 0 aliphatic rings. The largest absolute Gasteiger partial charge is 0.345 e. The van der Waals surface area contributed by atoms with Crippen LogP contribution in [0.4, 0.5) is 4.39 Å². The number of amides is 1. The van der Waals surface area contributed by atoms with Crippen molar-refractivity contribution in [2.45, 2.75) is 26.3 Å². The lowest BCUT2D eigenvalue weighted by atomic mass is 10.0. The average molecular weight is 350 g/mol. The van der Waals surface area contributed by atoms with Gasteiger partial charge in [0.2, 0.25) is 0 Å². The first-order chi connectivity index (χ1) is 10.0. The molecular formula is C17H17BrFNO. The predicted molar refractivity (Wildman–Crippen MR) is 85.8 cm³/mol. The highest BCUT2D eigenvalue weighted by Crippen LogP contribution is 2.20. The van der Waals surface area contributed by atoms with E-state index < -0.39 is 11.7 Å². The molecule has 2 aromatic rings. The fourth-order valence-corrected chi connectivity index (χ4v) is 2.45. The number of carbonyl (C=O) groups is 1. The third-order valence-electron chi connectivity index (χ3n) is 3.43. The van der Waals surface area contributed by atoms with Crippen molar-refractivity contribution >= 4 is 21.8 Å². The Labute approximate surface area is 132 Å². The summed E-state index contributed by atoms with van der Waals surface area (Å²) < 4.78 is 14.2. The summed E-state index contributed by atoms with van der Waals surface area (Å²) in [5.74, 6) is -0.954. The van der Waals surface area contributed by atoms with Crippen molar-refractivity contribution < 1.29 is 9.18 Å². The molecule has 0 spiro atoms. The van der Waals surface area contributed by atoms with E-state index in [1.807, 2.05) is 31.2 Å². The highest BCUT2D eigenvalue weighted by molar-refractivity contribution is 9.10. The van der Waals surface area contributed by atoms with Crippen LogP contribution in [0.15, 0.2) is 46.9 Å². The van der Waals surface area contributed by atoms with Gasteiger partial charge in [0.1, 0.15) is 5.82 Å². The molecule has 0 aromatic heterocycles. The number of hydrogen-bond donors (Lipinski definition) is 1. The second kappa shape index (κ2) is 6.85. The molecule has 0 aliphatic carbocycles. The standard InChI is InChI=1S/C17H17BrFNO/c1-3-12-7-9-13(10-8-12)11(2)20-17(21)14-5-4-6-15(18)16(14)19/h4-11H,3H2,1-2H3,(H,20,21). The molecule has 0 heterocycles. The second-order valence-electron chi connectivity index (χ2n) is 4.89. The maximum atomic E-state index is 13.9. The monoisotopic (exact) mass is 349 g/mol. The van der Waals surface area contributed by atoms with Crippen molar-refractivity contribution in [3.63, 3.8) is 0 Å². The Morgan fingerprint density at radius 1 is 1.24 bits per heavy atom. The minimum absolute atomic E-state index is 0.0430. The number of halogens is 2. The molecule has 1 N–H and O–H groups in total. The Balaban J connectivity index is 2.12. The number of carbonyl (C=O) groups excluding carboxylic acids is 1. The summed E-state index contributed by atoms with van der Waals surface area (Å²) in [5, 5.41) is 2.82. The van der Waals surface area contributed by atoms with Crippen molar-refractivity contribution in [1.29, 1.82) is 0 Å². The molecular weight excluding hydrogens is 333 g/mol. The summed E-state index contributed by atoms with van der Waals surface area (Å²) in [6.07, 6.45) is 0.976. The minimum atomic E-state index is -0.538. The summed E-state index contributed by atoms with van der Waals surface area (Å²) >= 11 is 3.09. The first kappa shape index (κ1) is 15.7. The highest BCUT2D eigenvalue weighted by Gasteiger charge is 2.16. The molecule has 2 aromatic carbocycles. The molecule has 0 aliphatic heterocycles. The molecule has 2 nitrogen and oxygen atoms in total. The van der Waals surface area contributed by atoms with Gasteiger partial charge in [0.05, 0.1) is 16.1 Å². The zero-order chi connectivity index (χ0) is 15.4. The van der Waals surface area contributed by atoms with Crippen molar-refractivity contribution in [2.75, 3.05) is 0 Å². The Morgan fingerprint density at radius 2 is 1.90 bits per heavy atom.